The smallest absolute Gasteiger partial charge is 0.276 e. The van der Waals surface area contributed by atoms with Crippen LogP contribution in [-0.2, 0) is 12.8 Å². The minimum absolute atomic E-state index is 0.0757. The Kier molecular flexibility index (Phi) is 4.04. The second-order valence-corrected chi connectivity index (χ2v) is 8.08. The van der Waals surface area contributed by atoms with E-state index in [4.69, 9.17) is 4.52 Å². The predicted octanol–water partition coefficient (Wildman–Crippen LogP) is 3.84. The third-order valence-electron chi connectivity index (χ3n) is 5.53. The van der Waals surface area contributed by atoms with E-state index in [9.17, 15) is 4.79 Å². The van der Waals surface area contributed by atoms with Crippen LogP contribution in [0.1, 0.15) is 75.2 Å². The Balaban J connectivity index is 1.84. The first-order valence-electron chi connectivity index (χ1n) is 8.66. The molecular formula is C18H28N2O2. The number of carbonyl (C=O) groups is 1. The Bertz CT molecular complexity index is 556. The molecule has 1 aliphatic heterocycles. The van der Waals surface area contributed by atoms with Crippen LogP contribution in [0.15, 0.2) is 4.52 Å². The van der Waals surface area contributed by atoms with Crippen LogP contribution in [0.2, 0.25) is 0 Å². The predicted molar refractivity (Wildman–Crippen MR) is 85.8 cm³/mol. The Morgan fingerprint density at radius 3 is 2.73 bits per heavy atom. The number of hydrogen-bond acceptors (Lipinski definition) is 3. The van der Waals surface area contributed by atoms with Crippen molar-refractivity contribution >= 4 is 5.91 Å². The highest BCUT2D eigenvalue weighted by Crippen LogP contribution is 2.38. The number of carbonyl (C=O) groups excluding carboxylic acids is 1. The third kappa shape index (κ3) is 2.80. The van der Waals surface area contributed by atoms with Gasteiger partial charge in [0.15, 0.2) is 5.69 Å². The second-order valence-electron chi connectivity index (χ2n) is 8.08. The molecule has 1 aliphatic carbocycles. The summed E-state index contributed by atoms with van der Waals surface area (Å²) in [5.74, 6) is 1.60. The third-order valence-corrected chi connectivity index (χ3v) is 5.53. The van der Waals surface area contributed by atoms with Crippen LogP contribution in [0, 0.1) is 11.3 Å². The summed E-state index contributed by atoms with van der Waals surface area (Å²) in [4.78, 5) is 14.9. The van der Waals surface area contributed by atoms with E-state index in [1.165, 1.54) is 6.42 Å². The summed E-state index contributed by atoms with van der Waals surface area (Å²) >= 11 is 0. The molecule has 0 N–H and O–H groups in total. The van der Waals surface area contributed by atoms with Crippen molar-refractivity contribution in [3.63, 3.8) is 0 Å². The molecule has 2 heterocycles. The fourth-order valence-electron chi connectivity index (χ4n) is 3.85. The molecule has 0 spiro atoms. The molecule has 1 saturated heterocycles. The fraction of sp³-hybridized carbons (Fsp3) is 0.778. The number of fused-ring (bicyclic) bond motifs is 1. The lowest BCUT2D eigenvalue weighted by atomic mass is 9.71. The van der Waals surface area contributed by atoms with Crippen molar-refractivity contribution in [1.29, 1.82) is 0 Å². The number of aryl methyl sites for hydroxylation is 1. The number of piperidine rings is 1. The Hall–Kier alpha value is -1.32. The lowest BCUT2D eigenvalue weighted by Crippen LogP contribution is -2.42. The second kappa shape index (κ2) is 5.71. The van der Waals surface area contributed by atoms with Crippen molar-refractivity contribution in [1.82, 2.24) is 10.1 Å². The van der Waals surface area contributed by atoms with E-state index < -0.39 is 0 Å². The van der Waals surface area contributed by atoms with E-state index in [-0.39, 0.29) is 11.3 Å². The van der Waals surface area contributed by atoms with Crippen molar-refractivity contribution in [3.8, 4) is 0 Å². The van der Waals surface area contributed by atoms with Crippen molar-refractivity contribution in [3.05, 3.63) is 17.0 Å². The van der Waals surface area contributed by atoms with Crippen LogP contribution in [-0.4, -0.2) is 28.6 Å². The van der Waals surface area contributed by atoms with E-state index in [1.807, 2.05) is 4.90 Å². The van der Waals surface area contributed by atoms with Gasteiger partial charge in [0, 0.05) is 24.6 Å². The van der Waals surface area contributed by atoms with Crippen LogP contribution in [0.5, 0.6) is 0 Å². The molecule has 0 saturated carbocycles. The van der Waals surface area contributed by atoms with Gasteiger partial charge in [-0.1, -0.05) is 25.9 Å². The van der Waals surface area contributed by atoms with Crippen LogP contribution < -0.4 is 0 Å². The zero-order chi connectivity index (χ0) is 15.9. The van der Waals surface area contributed by atoms with E-state index in [1.54, 1.807) is 0 Å². The molecule has 3 rings (SSSR count). The summed E-state index contributed by atoms with van der Waals surface area (Å²) in [5.41, 5.74) is 1.92. The molecular weight excluding hydrogens is 276 g/mol. The maximum absolute atomic E-state index is 12.9. The normalized spacial score (nSPS) is 25.9. The van der Waals surface area contributed by atoms with E-state index in [2.05, 4.69) is 32.9 Å². The van der Waals surface area contributed by atoms with Gasteiger partial charge < -0.3 is 9.42 Å². The van der Waals surface area contributed by atoms with Crippen molar-refractivity contribution in [2.75, 3.05) is 6.54 Å². The molecule has 2 aliphatic rings. The number of hydrogen-bond donors (Lipinski definition) is 0. The molecule has 1 aromatic heterocycles. The number of rotatable bonds is 1. The molecule has 0 aromatic carbocycles. The summed E-state index contributed by atoms with van der Waals surface area (Å²) in [6.07, 6.45) is 6.36. The molecule has 2 atom stereocenters. The van der Waals surface area contributed by atoms with Crippen LogP contribution in [0.3, 0.4) is 0 Å². The van der Waals surface area contributed by atoms with Crippen molar-refractivity contribution in [2.24, 2.45) is 11.3 Å². The molecule has 4 nitrogen and oxygen atoms in total. The zero-order valence-corrected chi connectivity index (χ0v) is 14.3. The number of aromatic nitrogens is 1. The average molecular weight is 304 g/mol. The van der Waals surface area contributed by atoms with Gasteiger partial charge in [0.1, 0.15) is 5.76 Å². The highest BCUT2D eigenvalue weighted by Gasteiger charge is 2.36. The molecule has 122 valence electrons. The van der Waals surface area contributed by atoms with Gasteiger partial charge >= 0.3 is 0 Å². The summed E-state index contributed by atoms with van der Waals surface area (Å²) in [7, 11) is 0. The monoisotopic (exact) mass is 304 g/mol. The van der Waals surface area contributed by atoms with Gasteiger partial charge in [0.25, 0.3) is 5.91 Å². The van der Waals surface area contributed by atoms with Gasteiger partial charge in [-0.2, -0.15) is 0 Å². The zero-order valence-electron chi connectivity index (χ0n) is 14.3. The van der Waals surface area contributed by atoms with Gasteiger partial charge in [0.2, 0.25) is 0 Å². The summed E-state index contributed by atoms with van der Waals surface area (Å²) in [6, 6.07) is 0.315. The molecule has 1 fully saturated rings. The van der Waals surface area contributed by atoms with E-state index >= 15 is 0 Å². The minimum Gasteiger partial charge on any atom is -0.360 e. The highest BCUT2D eigenvalue weighted by molar-refractivity contribution is 5.94. The summed E-state index contributed by atoms with van der Waals surface area (Å²) in [6.45, 7) is 9.84. The summed E-state index contributed by atoms with van der Waals surface area (Å²) < 4.78 is 5.50. The molecule has 0 unspecified atom stereocenters. The molecule has 0 bridgehead atoms. The van der Waals surface area contributed by atoms with Crippen molar-refractivity contribution in [2.45, 2.75) is 72.3 Å². The van der Waals surface area contributed by atoms with Crippen molar-refractivity contribution < 1.29 is 9.32 Å². The number of amides is 1. The van der Waals surface area contributed by atoms with Gasteiger partial charge in [-0.05, 0) is 50.4 Å². The van der Waals surface area contributed by atoms with Gasteiger partial charge in [0.05, 0.1) is 0 Å². The maximum atomic E-state index is 12.9. The first-order chi connectivity index (χ1) is 10.4. The first kappa shape index (κ1) is 15.6. The molecule has 0 radical (unpaired) electrons. The molecule has 1 aromatic rings. The van der Waals surface area contributed by atoms with Crippen LogP contribution in [0.25, 0.3) is 0 Å². The van der Waals surface area contributed by atoms with Gasteiger partial charge in [-0.15, -0.1) is 0 Å². The van der Waals surface area contributed by atoms with Gasteiger partial charge in [-0.3, -0.25) is 4.79 Å². The molecule has 22 heavy (non-hydrogen) atoms. The lowest BCUT2D eigenvalue weighted by Gasteiger charge is -2.35. The number of likely N-dealkylation sites (tertiary alicyclic amines) is 1. The minimum atomic E-state index is 0.0757. The summed E-state index contributed by atoms with van der Waals surface area (Å²) in [5, 5.41) is 4.16. The first-order valence-corrected chi connectivity index (χ1v) is 8.66. The fourth-order valence-corrected chi connectivity index (χ4v) is 3.85. The topological polar surface area (TPSA) is 46.3 Å². The Morgan fingerprint density at radius 2 is 2.05 bits per heavy atom. The number of nitrogens with zero attached hydrogens (tertiary/aromatic N) is 2. The maximum Gasteiger partial charge on any atom is 0.276 e. The van der Waals surface area contributed by atoms with E-state index in [0.717, 1.165) is 50.0 Å². The van der Waals surface area contributed by atoms with Gasteiger partial charge in [-0.25, -0.2) is 0 Å². The Morgan fingerprint density at radius 1 is 1.27 bits per heavy atom. The molecule has 1 amide bonds. The largest absolute Gasteiger partial charge is 0.360 e. The van der Waals surface area contributed by atoms with Crippen LogP contribution in [0.4, 0.5) is 0 Å². The standard InChI is InChI=1S/C18H28N2O2/c1-12-7-5-6-10-20(12)17(21)16-14-11-13(18(2,3)4)8-9-15(14)22-19-16/h12-13H,5-11H2,1-4H3/t12-,13-/m1/s1. The molecule has 4 heteroatoms. The quantitative estimate of drug-likeness (QED) is 0.792. The lowest BCUT2D eigenvalue weighted by molar-refractivity contribution is 0.0623. The SMILES string of the molecule is C[C@@H]1CCCCN1C(=O)c1noc2c1C[C@H](C(C)(C)C)CC2. The highest BCUT2D eigenvalue weighted by atomic mass is 16.5. The van der Waals surface area contributed by atoms with Crippen LogP contribution >= 0.6 is 0 Å². The Labute approximate surface area is 133 Å². The average Bonchev–Trinajstić information content (AvgIpc) is 2.89. The van der Waals surface area contributed by atoms with E-state index in [0.29, 0.717) is 17.7 Å².